The SMILES string of the molecule is CCOC(=O)c1nn(-c2ccc(OC)cc2)c2c1CCN(N1CCC(N3CCCCC3=O)CC1)C2=O. The lowest BCUT2D eigenvalue weighted by Gasteiger charge is -2.44. The van der Waals surface area contributed by atoms with Crippen molar-refractivity contribution < 1.29 is 23.9 Å². The van der Waals surface area contributed by atoms with Crippen molar-refractivity contribution in [2.75, 3.05) is 39.9 Å². The van der Waals surface area contributed by atoms with Gasteiger partial charge in [-0.25, -0.2) is 14.5 Å². The van der Waals surface area contributed by atoms with Crippen LogP contribution in [0.15, 0.2) is 24.3 Å². The first-order valence-corrected chi connectivity index (χ1v) is 12.8. The second-order valence-corrected chi connectivity index (χ2v) is 9.41. The Balaban J connectivity index is 1.39. The molecule has 10 heteroatoms. The number of hydrogen-bond acceptors (Lipinski definition) is 7. The Labute approximate surface area is 210 Å². The molecule has 10 nitrogen and oxygen atoms in total. The van der Waals surface area contributed by atoms with Gasteiger partial charge in [0.2, 0.25) is 5.91 Å². The zero-order valence-corrected chi connectivity index (χ0v) is 20.9. The molecule has 0 radical (unpaired) electrons. The van der Waals surface area contributed by atoms with Crippen LogP contribution in [0.5, 0.6) is 5.75 Å². The minimum absolute atomic E-state index is 0.178. The van der Waals surface area contributed by atoms with Gasteiger partial charge in [0.1, 0.15) is 11.4 Å². The zero-order chi connectivity index (χ0) is 25.2. The van der Waals surface area contributed by atoms with E-state index in [-0.39, 0.29) is 30.2 Å². The van der Waals surface area contributed by atoms with Crippen LogP contribution in [-0.4, -0.2) is 88.4 Å². The van der Waals surface area contributed by atoms with Gasteiger partial charge < -0.3 is 14.4 Å². The topological polar surface area (TPSA) is 97.2 Å². The summed E-state index contributed by atoms with van der Waals surface area (Å²) in [6, 6.07) is 7.46. The lowest BCUT2D eigenvalue weighted by molar-refractivity contribution is -0.138. The quantitative estimate of drug-likeness (QED) is 0.568. The first-order valence-electron chi connectivity index (χ1n) is 12.8. The molecule has 0 atom stereocenters. The molecule has 0 unspecified atom stereocenters. The maximum atomic E-state index is 13.8. The fourth-order valence-electron chi connectivity index (χ4n) is 5.51. The van der Waals surface area contributed by atoms with Crippen LogP contribution >= 0.6 is 0 Å². The molecule has 2 amide bonds. The number of piperidine rings is 2. The van der Waals surface area contributed by atoms with Crippen molar-refractivity contribution in [3.8, 4) is 11.4 Å². The molecule has 2 saturated heterocycles. The van der Waals surface area contributed by atoms with E-state index in [0.717, 1.165) is 32.2 Å². The number of carbonyl (C=O) groups excluding carboxylic acids is 3. The van der Waals surface area contributed by atoms with Crippen LogP contribution in [0.4, 0.5) is 0 Å². The van der Waals surface area contributed by atoms with E-state index in [9.17, 15) is 14.4 Å². The average molecular weight is 496 g/mol. The first kappa shape index (κ1) is 24.3. The molecule has 3 aliphatic rings. The zero-order valence-electron chi connectivity index (χ0n) is 20.9. The number of benzene rings is 1. The molecule has 1 aromatic carbocycles. The number of ether oxygens (including phenoxy) is 2. The highest BCUT2D eigenvalue weighted by atomic mass is 16.5. The summed E-state index contributed by atoms with van der Waals surface area (Å²) in [5.74, 6) is 0.249. The van der Waals surface area contributed by atoms with Crippen LogP contribution in [0.2, 0.25) is 0 Å². The van der Waals surface area contributed by atoms with Gasteiger partial charge in [0.25, 0.3) is 5.91 Å². The third-order valence-electron chi connectivity index (χ3n) is 7.36. The number of aromatic nitrogens is 2. The van der Waals surface area contributed by atoms with E-state index in [2.05, 4.69) is 10.1 Å². The molecule has 1 aromatic heterocycles. The van der Waals surface area contributed by atoms with E-state index in [4.69, 9.17) is 9.47 Å². The number of hydrazine groups is 1. The van der Waals surface area contributed by atoms with E-state index < -0.39 is 5.97 Å². The van der Waals surface area contributed by atoms with Crippen LogP contribution in [0.3, 0.4) is 0 Å². The van der Waals surface area contributed by atoms with Crippen LogP contribution < -0.4 is 4.74 Å². The molecule has 3 aliphatic heterocycles. The number of likely N-dealkylation sites (tertiary alicyclic amines) is 1. The fraction of sp³-hybridized carbons (Fsp3) is 0.538. The maximum Gasteiger partial charge on any atom is 0.359 e. The molecule has 192 valence electrons. The monoisotopic (exact) mass is 495 g/mol. The van der Waals surface area contributed by atoms with E-state index in [1.807, 2.05) is 17.0 Å². The van der Waals surface area contributed by atoms with Crippen molar-refractivity contribution >= 4 is 17.8 Å². The van der Waals surface area contributed by atoms with Crippen molar-refractivity contribution in [1.82, 2.24) is 24.7 Å². The van der Waals surface area contributed by atoms with Gasteiger partial charge in [-0.1, -0.05) is 0 Å². The van der Waals surface area contributed by atoms with Crippen molar-refractivity contribution in [3.05, 3.63) is 41.2 Å². The third-order valence-corrected chi connectivity index (χ3v) is 7.36. The highest BCUT2D eigenvalue weighted by Crippen LogP contribution is 2.30. The molecular formula is C26H33N5O5. The fourth-order valence-corrected chi connectivity index (χ4v) is 5.51. The standard InChI is InChI=1S/C26H33N5O5/c1-3-36-26(34)23-21-13-17-30(28-15-11-18(12-16-28)29-14-5-4-6-22(29)32)25(33)24(21)31(27-23)19-7-9-20(35-2)10-8-19/h7-10,18H,3-6,11-17H2,1-2H3. The van der Waals surface area contributed by atoms with Gasteiger partial charge in [-0.15, -0.1) is 0 Å². The normalized spacial score (nSPS) is 19.4. The number of esters is 1. The summed E-state index contributed by atoms with van der Waals surface area (Å²) in [7, 11) is 1.59. The molecule has 0 N–H and O–H groups in total. The highest BCUT2D eigenvalue weighted by molar-refractivity contribution is 6.00. The van der Waals surface area contributed by atoms with E-state index >= 15 is 0 Å². The number of methoxy groups -OCH3 is 1. The van der Waals surface area contributed by atoms with Gasteiger partial charge in [-0.2, -0.15) is 5.10 Å². The third kappa shape index (κ3) is 4.45. The van der Waals surface area contributed by atoms with Gasteiger partial charge in [-0.3, -0.25) is 14.6 Å². The Morgan fingerprint density at radius 3 is 2.44 bits per heavy atom. The molecule has 0 saturated carbocycles. The summed E-state index contributed by atoms with van der Waals surface area (Å²) in [6.07, 6.45) is 4.88. The van der Waals surface area contributed by atoms with Crippen LogP contribution in [-0.2, 0) is 16.0 Å². The summed E-state index contributed by atoms with van der Waals surface area (Å²) in [4.78, 5) is 40.9. The van der Waals surface area contributed by atoms with E-state index in [0.29, 0.717) is 55.2 Å². The largest absolute Gasteiger partial charge is 0.497 e. The number of amides is 2. The molecule has 0 spiro atoms. The van der Waals surface area contributed by atoms with E-state index in [1.54, 1.807) is 35.9 Å². The molecule has 4 heterocycles. The molecule has 2 fully saturated rings. The maximum absolute atomic E-state index is 13.8. The molecule has 0 aliphatic carbocycles. The van der Waals surface area contributed by atoms with E-state index in [1.165, 1.54) is 0 Å². The lowest BCUT2D eigenvalue weighted by Crippen LogP contribution is -2.56. The summed E-state index contributed by atoms with van der Waals surface area (Å²) in [6.45, 7) is 4.71. The Morgan fingerprint density at radius 2 is 1.78 bits per heavy atom. The summed E-state index contributed by atoms with van der Waals surface area (Å²) in [5, 5.41) is 8.41. The van der Waals surface area contributed by atoms with Crippen LogP contribution in [0, 0.1) is 0 Å². The van der Waals surface area contributed by atoms with Gasteiger partial charge in [-0.05, 0) is 63.3 Å². The van der Waals surface area contributed by atoms with Crippen molar-refractivity contribution in [2.24, 2.45) is 0 Å². The van der Waals surface area contributed by atoms with Crippen molar-refractivity contribution in [2.45, 2.75) is 51.5 Å². The highest BCUT2D eigenvalue weighted by Gasteiger charge is 2.39. The summed E-state index contributed by atoms with van der Waals surface area (Å²) >= 11 is 0. The molecule has 5 rings (SSSR count). The number of fused-ring (bicyclic) bond motifs is 1. The van der Waals surface area contributed by atoms with Crippen LogP contribution in [0.1, 0.15) is 65.6 Å². The Morgan fingerprint density at radius 1 is 1.03 bits per heavy atom. The summed E-state index contributed by atoms with van der Waals surface area (Å²) < 4.78 is 12.0. The van der Waals surface area contributed by atoms with Gasteiger partial charge in [0, 0.05) is 44.2 Å². The Hall–Kier alpha value is -3.40. The Bertz CT molecular complexity index is 1140. The molecule has 0 bridgehead atoms. The Kier molecular flexibility index (Phi) is 6.95. The van der Waals surface area contributed by atoms with Crippen LogP contribution in [0.25, 0.3) is 5.69 Å². The lowest BCUT2D eigenvalue weighted by atomic mass is 9.99. The average Bonchev–Trinajstić information content (AvgIpc) is 3.30. The minimum Gasteiger partial charge on any atom is -0.497 e. The molecular weight excluding hydrogens is 462 g/mol. The smallest absolute Gasteiger partial charge is 0.359 e. The second kappa shape index (κ2) is 10.3. The number of carbonyl (C=O) groups is 3. The number of hydrogen-bond donors (Lipinski definition) is 0. The predicted molar refractivity (Wildman–Crippen MR) is 131 cm³/mol. The minimum atomic E-state index is -0.519. The number of rotatable bonds is 6. The summed E-state index contributed by atoms with van der Waals surface area (Å²) in [5.41, 5.74) is 1.88. The van der Waals surface area contributed by atoms with Crippen molar-refractivity contribution in [1.29, 1.82) is 0 Å². The first-order chi connectivity index (χ1) is 17.5. The van der Waals surface area contributed by atoms with Gasteiger partial charge in [0.15, 0.2) is 5.69 Å². The van der Waals surface area contributed by atoms with Gasteiger partial charge in [0.05, 0.1) is 19.4 Å². The molecule has 2 aromatic rings. The predicted octanol–water partition coefficient (Wildman–Crippen LogP) is 2.45. The number of nitrogens with zero attached hydrogens (tertiary/aromatic N) is 5. The van der Waals surface area contributed by atoms with Crippen molar-refractivity contribution in [3.63, 3.8) is 0 Å². The van der Waals surface area contributed by atoms with Gasteiger partial charge >= 0.3 is 5.97 Å². The second-order valence-electron chi connectivity index (χ2n) is 9.41. The molecule has 36 heavy (non-hydrogen) atoms.